The summed E-state index contributed by atoms with van der Waals surface area (Å²) >= 11 is 0. The van der Waals surface area contributed by atoms with Gasteiger partial charge in [0.2, 0.25) is 0 Å². The normalized spacial score (nSPS) is 17.3. The summed E-state index contributed by atoms with van der Waals surface area (Å²) in [6.45, 7) is 8.13. The molecular weight excluding hydrogens is 466 g/mol. The van der Waals surface area contributed by atoms with Crippen LogP contribution in [0, 0.1) is 12.8 Å². The molecule has 1 heterocycles. The predicted molar refractivity (Wildman–Crippen MR) is 135 cm³/mol. The molecule has 7 nitrogen and oxygen atoms in total. The first-order valence-electron chi connectivity index (χ1n) is 12.1. The summed E-state index contributed by atoms with van der Waals surface area (Å²) in [5.74, 6) is 0.778. The van der Waals surface area contributed by atoms with Crippen molar-refractivity contribution in [3.8, 4) is 5.75 Å². The van der Waals surface area contributed by atoms with Gasteiger partial charge < -0.3 is 14.4 Å². The second kappa shape index (κ2) is 11.4. The Bertz CT molecular complexity index is 1070. The number of ether oxygens (including phenoxy) is 2. The van der Waals surface area contributed by atoms with E-state index in [1.54, 1.807) is 36.3 Å². The zero-order valence-electron chi connectivity index (χ0n) is 21.3. The summed E-state index contributed by atoms with van der Waals surface area (Å²) in [6.07, 6.45) is 2.56. The molecule has 1 aliphatic rings. The van der Waals surface area contributed by atoms with Crippen molar-refractivity contribution in [2.45, 2.75) is 69.9 Å². The van der Waals surface area contributed by atoms with E-state index in [9.17, 15) is 13.2 Å². The lowest BCUT2D eigenvalue weighted by atomic mass is 9.88. The number of methoxy groups -OCH3 is 1. The number of hydrogen-bond donors (Lipinski definition) is 0. The maximum atomic E-state index is 12.9. The highest BCUT2D eigenvalue weighted by atomic mass is 32.2. The number of carbonyl (C=O) groups is 1. The Balaban J connectivity index is 1.75. The van der Waals surface area contributed by atoms with Crippen molar-refractivity contribution in [1.82, 2.24) is 4.90 Å². The third kappa shape index (κ3) is 7.70. The molecule has 192 valence electrons. The lowest BCUT2D eigenvalue weighted by molar-refractivity contribution is 0.0165. The van der Waals surface area contributed by atoms with Gasteiger partial charge in [0.05, 0.1) is 18.6 Å². The molecule has 0 bridgehead atoms. The second-order valence-corrected chi connectivity index (χ2v) is 11.7. The van der Waals surface area contributed by atoms with Gasteiger partial charge in [0.25, 0.3) is 10.1 Å². The fourth-order valence-electron chi connectivity index (χ4n) is 4.41. The van der Waals surface area contributed by atoms with Crippen LogP contribution in [0.2, 0.25) is 0 Å². The molecule has 0 N–H and O–H groups in total. The number of amides is 1. The van der Waals surface area contributed by atoms with E-state index in [-0.39, 0.29) is 29.6 Å². The molecule has 2 aromatic rings. The van der Waals surface area contributed by atoms with Crippen LogP contribution in [0.5, 0.6) is 5.75 Å². The number of rotatable bonds is 9. The molecule has 35 heavy (non-hydrogen) atoms. The summed E-state index contributed by atoms with van der Waals surface area (Å²) in [6, 6.07) is 14.4. The van der Waals surface area contributed by atoms with Crippen LogP contribution >= 0.6 is 0 Å². The van der Waals surface area contributed by atoms with E-state index in [0.29, 0.717) is 19.4 Å². The van der Waals surface area contributed by atoms with Crippen LogP contribution < -0.4 is 4.74 Å². The smallest absolute Gasteiger partial charge is 0.410 e. The van der Waals surface area contributed by atoms with Gasteiger partial charge in [-0.05, 0) is 89.1 Å². The largest absolute Gasteiger partial charge is 0.497 e. The van der Waals surface area contributed by atoms with Crippen molar-refractivity contribution in [3.63, 3.8) is 0 Å². The van der Waals surface area contributed by atoms with Crippen LogP contribution in [0.15, 0.2) is 53.4 Å². The third-order valence-corrected chi connectivity index (χ3v) is 7.49. The molecule has 0 aromatic heterocycles. The standard InChI is InChI=1S/C27H37NO6S/c1-20-8-14-24(15-9-20)35(30,31)33-18-16-22(19-21-10-12-23(32-5)13-11-21)25-7-6-17-28(25)26(29)34-27(2,3)4/h8-15,22,25H,6-7,16-19H2,1-5H3. The second-order valence-electron chi connectivity index (χ2n) is 10.1. The van der Waals surface area contributed by atoms with Crippen molar-refractivity contribution in [2.75, 3.05) is 20.3 Å². The summed E-state index contributed by atoms with van der Waals surface area (Å²) < 4.78 is 41.7. The third-order valence-electron chi connectivity index (χ3n) is 6.17. The predicted octanol–water partition coefficient (Wildman–Crippen LogP) is 5.36. The van der Waals surface area contributed by atoms with E-state index in [1.165, 1.54) is 0 Å². The van der Waals surface area contributed by atoms with Gasteiger partial charge in [-0.1, -0.05) is 29.8 Å². The fraction of sp³-hybridized carbons (Fsp3) is 0.519. The van der Waals surface area contributed by atoms with Crippen LogP contribution in [0.1, 0.15) is 51.2 Å². The Morgan fingerprint density at radius 1 is 1.09 bits per heavy atom. The Hall–Kier alpha value is -2.58. The SMILES string of the molecule is COc1ccc(CC(CCOS(=O)(=O)c2ccc(C)cc2)C2CCCN2C(=O)OC(C)(C)C)cc1. The topological polar surface area (TPSA) is 82.1 Å². The Kier molecular flexibility index (Phi) is 8.83. The minimum atomic E-state index is -3.85. The average Bonchev–Trinajstić information content (AvgIpc) is 3.28. The van der Waals surface area contributed by atoms with Gasteiger partial charge in [0.1, 0.15) is 11.4 Å². The first-order chi connectivity index (χ1) is 16.5. The quantitative estimate of drug-likeness (QED) is 0.429. The van der Waals surface area contributed by atoms with Crippen LogP contribution in [0.4, 0.5) is 4.79 Å². The lowest BCUT2D eigenvalue weighted by Gasteiger charge is -2.33. The van der Waals surface area contributed by atoms with E-state index in [4.69, 9.17) is 13.7 Å². The molecule has 2 aromatic carbocycles. The van der Waals surface area contributed by atoms with Crippen LogP contribution in [-0.4, -0.2) is 51.3 Å². The maximum Gasteiger partial charge on any atom is 0.410 e. The Morgan fingerprint density at radius 2 is 1.74 bits per heavy atom. The molecule has 1 saturated heterocycles. The highest BCUT2D eigenvalue weighted by Gasteiger charge is 2.37. The number of aryl methyl sites for hydroxylation is 1. The molecule has 0 spiro atoms. The van der Waals surface area contributed by atoms with Gasteiger partial charge in [0, 0.05) is 12.6 Å². The molecule has 2 unspecified atom stereocenters. The molecular formula is C27H37NO6S. The number of hydrogen-bond acceptors (Lipinski definition) is 6. The summed E-state index contributed by atoms with van der Waals surface area (Å²) in [5.41, 5.74) is 1.49. The molecule has 2 atom stereocenters. The highest BCUT2D eigenvalue weighted by Crippen LogP contribution is 2.31. The molecule has 1 amide bonds. The van der Waals surface area contributed by atoms with E-state index >= 15 is 0 Å². The minimum Gasteiger partial charge on any atom is -0.497 e. The first-order valence-corrected chi connectivity index (χ1v) is 13.5. The number of nitrogens with zero attached hydrogens (tertiary/aromatic N) is 1. The number of benzene rings is 2. The van der Waals surface area contributed by atoms with Crippen molar-refractivity contribution < 1.29 is 26.9 Å². The van der Waals surface area contributed by atoms with Gasteiger partial charge in [-0.15, -0.1) is 0 Å². The minimum absolute atomic E-state index is 0.00614. The monoisotopic (exact) mass is 503 g/mol. The van der Waals surface area contributed by atoms with E-state index < -0.39 is 15.7 Å². The first kappa shape index (κ1) is 27.0. The van der Waals surface area contributed by atoms with Crippen molar-refractivity contribution in [2.24, 2.45) is 5.92 Å². The maximum absolute atomic E-state index is 12.9. The van der Waals surface area contributed by atoms with Crippen molar-refractivity contribution in [3.05, 3.63) is 59.7 Å². The lowest BCUT2D eigenvalue weighted by Crippen LogP contribution is -2.43. The van der Waals surface area contributed by atoms with Gasteiger partial charge >= 0.3 is 6.09 Å². The Morgan fingerprint density at radius 3 is 2.34 bits per heavy atom. The van der Waals surface area contributed by atoms with Crippen LogP contribution in [-0.2, 0) is 25.5 Å². The van der Waals surface area contributed by atoms with E-state index in [0.717, 1.165) is 29.7 Å². The molecule has 1 fully saturated rings. The van der Waals surface area contributed by atoms with Crippen molar-refractivity contribution in [1.29, 1.82) is 0 Å². The van der Waals surface area contributed by atoms with Crippen molar-refractivity contribution >= 4 is 16.2 Å². The number of carbonyl (C=O) groups excluding carboxylic acids is 1. The zero-order valence-corrected chi connectivity index (χ0v) is 22.1. The van der Waals surface area contributed by atoms with Crippen LogP contribution in [0.3, 0.4) is 0 Å². The summed E-state index contributed by atoms with van der Waals surface area (Å²) in [4.78, 5) is 14.9. The van der Waals surface area contributed by atoms with Gasteiger partial charge in [-0.3, -0.25) is 4.18 Å². The summed E-state index contributed by atoms with van der Waals surface area (Å²) in [5, 5.41) is 0. The van der Waals surface area contributed by atoms with E-state index in [2.05, 4.69) is 0 Å². The highest BCUT2D eigenvalue weighted by molar-refractivity contribution is 7.86. The van der Waals surface area contributed by atoms with Gasteiger partial charge in [-0.2, -0.15) is 8.42 Å². The summed E-state index contributed by atoms with van der Waals surface area (Å²) in [7, 11) is -2.23. The molecule has 0 saturated carbocycles. The average molecular weight is 504 g/mol. The van der Waals surface area contributed by atoms with Gasteiger partial charge in [-0.25, -0.2) is 4.79 Å². The van der Waals surface area contributed by atoms with Gasteiger partial charge in [0.15, 0.2) is 0 Å². The van der Waals surface area contributed by atoms with Crippen LogP contribution in [0.25, 0.3) is 0 Å². The Labute approximate surface area is 209 Å². The molecule has 0 aliphatic carbocycles. The molecule has 0 radical (unpaired) electrons. The molecule has 3 rings (SSSR count). The number of likely N-dealkylation sites (tertiary alicyclic amines) is 1. The molecule has 1 aliphatic heterocycles. The zero-order chi connectivity index (χ0) is 25.6. The fourth-order valence-corrected chi connectivity index (χ4v) is 5.33. The molecule has 8 heteroatoms. The van der Waals surface area contributed by atoms with E-state index in [1.807, 2.05) is 52.0 Å².